The van der Waals surface area contributed by atoms with Crippen molar-refractivity contribution in [2.45, 2.75) is 46.0 Å². The maximum atomic E-state index is 14.2. The van der Waals surface area contributed by atoms with Crippen LogP contribution >= 0.6 is 15.9 Å². The van der Waals surface area contributed by atoms with Gasteiger partial charge in [0.1, 0.15) is 5.60 Å². The number of carbonyl (C=O) groups excluding carboxylic acids is 2. The first-order chi connectivity index (χ1) is 22.6. The normalized spacial score (nSPS) is 14.0. The highest BCUT2D eigenvalue weighted by atomic mass is 79.9. The second kappa shape index (κ2) is 14.3. The van der Waals surface area contributed by atoms with E-state index in [0.29, 0.717) is 49.2 Å². The minimum Gasteiger partial charge on any atom is -0.444 e. The molecule has 2 aromatic carbocycles. The number of piperazine rings is 1. The molecule has 3 heterocycles. The van der Waals surface area contributed by atoms with Crippen molar-refractivity contribution in [3.05, 3.63) is 93.8 Å². The van der Waals surface area contributed by atoms with Gasteiger partial charge in [-0.3, -0.25) is 14.7 Å². The molecule has 1 aliphatic rings. The highest BCUT2D eigenvalue weighted by molar-refractivity contribution is 9.10. The van der Waals surface area contributed by atoms with Gasteiger partial charge in [0, 0.05) is 78.3 Å². The van der Waals surface area contributed by atoms with Gasteiger partial charge in [-0.1, -0.05) is 12.1 Å². The molecule has 1 fully saturated rings. The summed E-state index contributed by atoms with van der Waals surface area (Å²) in [5, 5.41) is 5.86. The first kappa shape index (κ1) is 34.8. The minimum atomic E-state index is -4.68. The van der Waals surface area contributed by atoms with Crippen molar-refractivity contribution in [3.63, 3.8) is 0 Å². The molecule has 2 amide bonds. The largest absolute Gasteiger partial charge is 0.444 e. The second-order valence-electron chi connectivity index (χ2n) is 12.4. The van der Waals surface area contributed by atoms with Crippen LogP contribution in [0.4, 0.5) is 35.3 Å². The fourth-order valence-electron chi connectivity index (χ4n) is 5.07. The number of benzene rings is 2. The Labute approximate surface area is 284 Å². The number of ether oxygens (including phenoxy) is 1. The monoisotopic (exact) mass is 725 g/mol. The quantitative estimate of drug-likeness (QED) is 0.200. The van der Waals surface area contributed by atoms with Crippen molar-refractivity contribution in [3.8, 4) is 11.3 Å². The van der Waals surface area contributed by atoms with E-state index in [1.165, 1.54) is 12.1 Å². The lowest BCUT2D eigenvalue weighted by atomic mass is 10.0. The van der Waals surface area contributed by atoms with Crippen LogP contribution in [0.15, 0.2) is 71.6 Å². The Morgan fingerprint density at radius 1 is 0.979 bits per heavy atom. The van der Waals surface area contributed by atoms with Crippen LogP contribution in [0.2, 0.25) is 0 Å². The summed E-state index contributed by atoms with van der Waals surface area (Å²) < 4.78 is 48.8. The van der Waals surface area contributed by atoms with Gasteiger partial charge in [-0.25, -0.2) is 14.8 Å². The molecule has 1 saturated heterocycles. The molecule has 10 nitrogen and oxygen atoms in total. The summed E-state index contributed by atoms with van der Waals surface area (Å²) in [7, 11) is 0. The van der Waals surface area contributed by atoms with Crippen molar-refractivity contribution in [2.24, 2.45) is 0 Å². The molecule has 2 N–H and O–H groups in total. The lowest BCUT2D eigenvalue weighted by molar-refractivity contribution is -0.138. The van der Waals surface area contributed by atoms with Gasteiger partial charge < -0.3 is 20.3 Å². The van der Waals surface area contributed by atoms with Gasteiger partial charge in [0.05, 0.1) is 11.3 Å². The Morgan fingerprint density at radius 3 is 2.42 bits per heavy atom. The predicted octanol–water partition coefficient (Wildman–Crippen LogP) is 7.68. The van der Waals surface area contributed by atoms with E-state index in [1.54, 1.807) is 68.5 Å². The van der Waals surface area contributed by atoms with Crippen LogP contribution < -0.4 is 10.6 Å². The number of anilines is 3. The Balaban J connectivity index is 1.27. The van der Waals surface area contributed by atoms with E-state index >= 15 is 0 Å². The van der Waals surface area contributed by atoms with E-state index in [2.05, 4.69) is 41.5 Å². The predicted molar refractivity (Wildman–Crippen MR) is 180 cm³/mol. The number of amides is 2. The summed E-state index contributed by atoms with van der Waals surface area (Å²) in [6.07, 6.45) is -0.153. The number of hydrogen-bond acceptors (Lipinski definition) is 8. The van der Waals surface area contributed by atoms with Gasteiger partial charge >= 0.3 is 12.3 Å². The molecular formula is C34H35BrF3N7O3. The molecule has 0 saturated carbocycles. The zero-order valence-corrected chi connectivity index (χ0v) is 28.4. The topological polar surface area (TPSA) is 113 Å². The smallest absolute Gasteiger partial charge is 0.416 e. The molecule has 0 spiro atoms. The highest BCUT2D eigenvalue weighted by Gasteiger charge is 2.35. The summed E-state index contributed by atoms with van der Waals surface area (Å²) in [6.45, 7) is 8.67. The SMILES string of the molecule is Cc1ccc(NC(=O)c2ccc(CN3CCN(C(=O)OC(C)(C)C)CC3)c(C(F)(F)F)c2)cc1Nc1nccc(-c2cncc(Br)c2)n1. The Kier molecular flexibility index (Phi) is 10.3. The molecule has 0 unspecified atom stereocenters. The summed E-state index contributed by atoms with van der Waals surface area (Å²) in [4.78, 5) is 42.0. The maximum Gasteiger partial charge on any atom is 0.416 e. The lowest BCUT2D eigenvalue weighted by Gasteiger charge is -2.36. The van der Waals surface area contributed by atoms with Crippen LogP contribution in [0, 0.1) is 6.92 Å². The average molecular weight is 727 g/mol. The molecule has 0 atom stereocenters. The molecule has 0 aliphatic carbocycles. The number of nitrogens with zero attached hydrogens (tertiary/aromatic N) is 5. The van der Waals surface area contributed by atoms with E-state index in [1.807, 2.05) is 17.9 Å². The number of pyridine rings is 1. The summed E-state index contributed by atoms with van der Waals surface area (Å²) >= 11 is 3.41. The molecule has 48 heavy (non-hydrogen) atoms. The number of aryl methyl sites for hydroxylation is 1. The van der Waals surface area contributed by atoms with Crippen molar-refractivity contribution in [1.29, 1.82) is 0 Å². The summed E-state index contributed by atoms with van der Waals surface area (Å²) in [5.74, 6) is -0.371. The fourth-order valence-corrected chi connectivity index (χ4v) is 5.43. The van der Waals surface area contributed by atoms with Crippen LogP contribution in [-0.2, 0) is 17.5 Å². The number of rotatable bonds is 7. The van der Waals surface area contributed by atoms with Gasteiger partial charge in [0.15, 0.2) is 0 Å². The number of halogens is 4. The summed E-state index contributed by atoms with van der Waals surface area (Å²) in [6, 6.07) is 12.3. The Hall–Kier alpha value is -4.56. The molecular weight excluding hydrogens is 691 g/mol. The zero-order chi connectivity index (χ0) is 34.6. The van der Waals surface area contributed by atoms with E-state index in [9.17, 15) is 22.8 Å². The van der Waals surface area contributed by atoms with E-state index < -0.39 is 29.3 Å². The Bertz CT molecular complexity index is 1810. The molecule has 0 radical (unpaired) electrons. The van der Waals surface area contributed by atoms with Gasteiger partial charge in [0.2, 0.25) is 5.95 Å². The highest BCUT2D eigenvalue weighted by Crippen LogP contribution is 2.34. The molecule has 14 heteroatoms. The van der Waals surface area contributed by atoms with Gasteiger partial charge in [-0.05, 0) is 91.1 Å². The zero-order valence-electron chi connectivity index (χ0n) is 26.9. The van der Waals surface area contributed by atoms with Crippen LogP contribution in [0.1, 0.15) is 47.8 Å². The molecule has 252 valence electrons. The average Bonchev–Trinajstić information content (AvgIpc) is 3.02. The number of hydrogen-bond donors (Lipinski definition) is 2. The minimum absolute atomic E-state index is 0.0211. The van der Waals surface area contributed by atoms with Crippen molar-refractivity contribution >= 4 is 45.3 Å². The van der Waals surface area contributed by atoms with Gasteiger partial charge in [-0.15, -0.1) is 0 Å². The first-order valence-corrected chi connectivity index (χ1v) is 16.0. The standard InChI is InChI=1S/C34H35BrF3N7O3/c1-21-5-8-26(17-29(21)43-31-40-10-9-28(42-31)24-15-25(35)19-39-18-24)41-30(46)22-6-7-23(27(16-22)34(36,37)38)20-44-11-13-45(14-12-44)32(47)48-33(2,3)4/h5-10,15-19H,11-14,20H2,1-4H3,(H,41,46)(H,40,42,43). The molecule has 5 rings (SSSR count). The third kappa shape index (κ3) is 9.07. The van der Waals surface area contributed by atoms with E-state index in [4.69, 9.17) is 4.74 Å². The van der Waals surface area contributed by atoms with Crippen LogP contribution in [0.3, 0.4) is 0 Å². The number of aromatic nitrogens is 3. The van der Waals surface area contributed by atoms with Crippen molar-refractivity contribution in [1.82, 2.24) is 24.8 Å². The summed E-state index contributed by atoms with van der Waals surface area (Å²) in [5.41, 5.74) is 1.66. The van der Waals surface area contributed by atoms with E-state index in [0.717, 1.165) is 21.7 Å². The number of nitrogens with one attached hydrogen (secondary N) is 2. The molecule has 4 aromatic rings. The molecule has 0 bridgehead atoms. The number of carbonyl (C=O) groups is 2. The maximum absolute atomic E-state index is 14.2. The Morgan fingerprint density at radius 2 is 1.73 bits per heavy atom. The lowest BCUT2D eigenvalue weighted by Crippen LogP contribution is -2.49. The first-order valence-electron chi connectivity index (χ1n) is 15.2. The van der Waals surface area contributed by atoms with Gasteiger partial charge in [0.25, 0.3) is 5.91 Å². The van der Waals surface area contributed by atoms with E-state index in [-0.39, 0.29) is 17.7 Å². The van der Waals surface area contributed by atoms with Crippen molar-refractivity contribution in [2.75, 3.05) is 36.8 Å². The second-order valence-corrected chi connectivity index (χ2v) is 13.3. The fraction of sp³-hybridized carbons (Fsp3) is 0.324. The van der Waals surface area contributed by atoms with Crippen LogP contribution in [0.5, 0.6) is 0 Å². The number of alkyl halides is 3. The van der Waals surface area contributed by atoms with Crippen LogP contribution in [0.25, 0.3) is 11.3 Å². The third-order valence-corrected chi connectivity index (χ3v) is 7.93. The molecule has 2 aromatic heterocycles. The third-order valence-electron chi connectivity index (χ3n) is 7.49. The van der Waals surface area contributed by atoms with Crippen LogP contribution in [-0.4, -0.2) is 68.5 Å². The van der Waals surface area contributed by atoms with Crippen molar-refractivity contribution < 1.29 is 27.5 Å². The van der Waals surface area contributed by atoms with Gasteiger partial charge in [-0.2, -0.15) is 13.2 Å². The molecule has 1 aliphatic heterocycles.